The topological polar surface area (TPSA) is 35.6 Å². The summed E-state index contributed by atoms with van der Waals surface area (Å²) in [5.41, 5.74) is 6.56. The summed E-state index contributed by atoms with van der Waals surface area (Å²) in [4.78, 5) is 4.77. The van der Waals surface area contributed by atoms with Gasteiger partial charge in [-0.15, -0.1) is 42.0 Å². The second-order valence-electron chi connectivity index (χ2n) is 11.1. The summed E-state index contributed by atoms with van der Waals surface area (Å²) in [5, 5.41) is 4.07. The zero-order valence-electron chi connectivity index (χ0n) is 23.6. The first-order valence-electron chi connectivity index (χ1n) is 15.0. The smallest absolute Gasteiger partial charge is 0.0602 e. The van der Waals surface area contributed by atoms with E-state index in [1.54, 1.807) is 22.0 Å². The molecule has 0 N–H and O–H groups in total. The van der Waals surface area contributed by atoms with Gasteiger partial charge in [0.05, 0.1) is 5.82 Å². The minimum atomic E-state index is 0. The SMILES string of the molecule is [Ir].[c-]1ccccc1-c1nccn1-c1c(C2CCCCC2)cccc1C1CCCCC1.[c-]1ccccc1-n1cccn1. The van der Waals surface area contributed by atoms with Gasteiger partial charge in [-0.05, 0) is 60.4 Å². The first-order valence-corrected chi connectivity index (χ1v) is 15.0. The Bertz CT molecular complexity index is 1410. The number of rotatable bonds is 5. The summed E-state index contributed by atoms with van der Waals surface area (Å²) >= 11 is 0. The molecule has 0 aliphatic heterocycles. The van der Waals surface area contributed by atoms with Gasteiger partial charge in [-0.2, -0.15) is 29.4 Å². The van der Waals surface area contributed by atoms with Crippen LogP contribution in [0.4, 0.5) is 0 Å². The molecule has 1 radical (unpaired) electrons. The summed E-state index contributed by atoms with van der Waals surface area (Å²) in [6.45, 7) is 0. The van der Waals surface area contributed by atoms with E-state index in [9.17, 15) is 0 Å². The standard InChI is InChI=1S/C27H31N2.C9H7N2.Ir/c1-4-11-21(12-5-1)24-17-10-18-25(22-13-6-2-7-14-22)26(24)29-20-19-28-27(29)23-15-8-3-9-16-23;1-2-5-9(6-3-1)11-8-4-7-10-11;/h3,8-10,15,17-22H,1-2,4-7,11-14H2;1-5,7-8H;/q2*-1;. The number of imidazole rings is 1. The van der Waals surface area contributed by atoms with Crippen molar-refractivity contribution >= 4 is 0 Å². The molecule has 2 saturated carbocycles. The van der Waals surface area contributed by atoms with E-state index in [2.05, 4.69) is 58.3 Å². The maximum atomic E-state index is 4.77. The molecule has 0 spiro atoms. The van der Waals surface area contributed by atoms with Crippen LogP contribution >= 0.6 is 0 Å². The molecule has 2 aliphatic carbocycles. The number of hydrogen-bond acceptors (Lipinski definition) is 2. The molecule has 41 heavy (non-hydrogen) atoms. The Morgan fingerprint density at radius 3 is 1.85 bits per heavy atom. The predicted octanol–water partition coefficient (Wildman–Crippen LogP) is 9.10. The van der Waals surface area contributed by atoms with Gasteiger partial charge in [0.1, 0.15) is 0 Å². The zero-order valence-corrected chi connectivity index (χ0v) is 26.0. The van der Waals surface area contributed by atoms with E-state index in [1.807, 2.05) is 54.9 Å². The zero-order chi connectivity index (χ0) is 27.0. The van der Waals surface area contributed by atoms with E-state index in [0.29, 0.717) is 11.8 Å². The van der Waals surface area contributed by atoms with Gasteiger partial charge in [0, 0.05) is 50.6 Å². The molecule has 7 rings (SSSR count). The van der Waals surface area contributed by atoms with Crippen LogP contribution in [0.5, 0.6) is 0 Å². The molecule has 2 aliphatic rings. The minimum Gasteiger partial charge on any atom is -0.340 e. The first kappa shape index (κ1) is 29.2. The van der Waals surface area contributed by atoms with E-state index in [1.165, 1.54) is 69.9 Å². The van der Waals surface area contributed by atoms with Crippen molar-refractivity contribution in [2.75, 3.05) is 0 Å². The van der Waals surface area contributed by atoms with Crippen LogP contribution in [0.2, 0.25) is 0 Å². The van der Waals surface area contributed by atoms with Crippen LogP contribution in [0.25, 0.3) is 22.8 Å². The molecule has 3 aromatic carbocycles. The van der Waals surface area contributed by atoms with Gasteiger partial charge in [0.15, 0.2) is 0 Å². The molecule has 5 aromatic rings. The molecule has 0 saturated heterocycles. The van der Waals surface area contributed by atoms with E-state index in [4.69, 9.17) is 4.98 Å². The van der Waals surface area contributed by atoms with Crippen molar-refractivity contribution in [2.24, 2.45) is 0 Å². The Balaban J connectivity index is 0.000000236. The first-order chi connectivity index (χ1) is 19.9. The molecule has 0 unspecified atom stereocenters. The third-order valence-electron chi connectivity index (χ3n) is 8.46. The van der Waals surface area contributed by atoms with Crippen LogP contribution in [0, 0.1) is 12.1 Å². The van der Waals surface area contributed by atoms with Gasteiger partial charge in [0.2, 0.25) is 0 Å². The van der Waals surface area contributed by atoms with Gasteiger partial charge < -0.3 is 4.57 Å². The van der Waals surface area contributed by atoms with E-state index >= 15 is 0 Å². The fourth-order valence-corrected chi connectivity index (χ4v) is 6.50. The Morgan fingerprint density at radius 1 is 0.634 bits per heavy atom. The molecule has 0 atom stereocenters. The molecule has 2 fully saturated rings. The van der Waals surface area contributed by atoms with Crippen molar-refractivity contribution in [3.05, 3.63) is 121 Å². The third kappa shape index (κ3) is 6.97. The van der Waals surface area contributed by atoms with Crippen LogP contribution in [0.3, 0.4) is 0 Å². The summed E-state index contributed by atoms with van der Waals surface area (Å²) in [5.74, 6) is 2.38. The number of benzene rings is 3. The second-order valence-corrected chi connectivity index (χ2v) is 11.1. The number of aromatic nitrogens is 4. The molecule has 213 valence electrons. The second kappa shape index (κ2) is 14.6. The van der Waals surface area contributed by atoms with Crippen LogP contribution in [-0.2, 0) is 20.1 Å². The van der Waals surface area contributed by atoms with E-state index in [-0.39, 0.29) is 20.1 Å². The van der Waals surface area contributed by atoms with Crippen molar-refractivity contribution in [1.29, 1.82) is 0 Å². The molecule has 4 nitrogen and oxygen atoms in total. The Morgan fingerprint density at radius 2 is 1.29 bits per heavy atom. The Kier molecular flexibility index (Phi) is 10.4. The number of nitrogens with zero attached hydrogens (tertiary/aromatic N) is 4. The summed E-state index contributed by atoms with van der Waals surface area (Å²) in [7, 11) is 0. The summed E-state index contributed by atoms with van der Waals surface area (Å²) in [6, 6.07) is 31.4. The monoisotopic (exact) mass is 719 g/mol. The molecule has 0 bridgehead atoms. The van der Waals surface area contributed by atoms with Crippen molar-refractivity contribution < 1.29 is 20.1 Å². The Labute approximate surface area is 258 Å². The van der Waals surface area contributed by atoms with Crippen molar-refractivity contribution in [1.82, 2.24) is 19.3 Å². The maximum absolute atomic E-state index is 4.77. The minimum absolute atomic E-state index is 0. The summed E-state index contributed by atoms with van der Waals surface area (Å²) in [6.07, 6.45) is 21.3. The molecular weight excluding hydrogens is 681 g/mol. The fourth-order valence-electron chi connectivity index (χ4n) is 6.50. The van der Waals surface area contributed by atoms with Gasteiger partial charge in [0.25, 0.3) is 0 Å². The summed E-state index contributed by atoms with van der Waals surface area (Å²) < 4.78 is 4.15. The van der Waals surface area contributed by atoms with Crippen LogP contribution in [0.1, 0.15) is 87.2 Å². The van der Waals surface area contributed by atoms with Gasteiger partial charge in [-0.3, -0.25) is 9.67 Å². The van der Waals surface area contributed by atoms with E-state index in [0.717, 1.165) is 17.1 Å². The van der Waals surface area contributed by atoms with Crippen molar-refractivity contribution in [3.63, 3.8) is 0 Å². The van der Waals surface area contributed by atoms with E-state index < -0.39 is 0 Å². The van der Waals surface area contributed by atoms with Gasteiger partial charge in [-0.25, -0.2) is 0 Å². The van der Waals surface area contributed by atoms with Crippen LogP contribution in [-0.4, -0.2) is 19.3 Å². The molecule has 2 aromatic heterocycles. The van der Waals surface area contributed by atoms with Crippen LogP contribution in [0.15, 0.2) is 97.6 Å². The molecule has 0 amide bonds. The quantitative estimate of drug-likeness (QED) is 0.170. The van der Waals surface area contributed by atoms with Crippen molar-refractivity contribution in [3.8, 4) is 22.8 Å². The molecule has 5 heteroatoms. The number of hydrogen-bond donors (Lipinski definition) is 0. The van der Waals surface area contributed by atoms with Gasteiger partial charge >= 0.3 is 0 Å². The van der Waals surface area contributed by atoms with Crippen molar-refractivity contribution in [2.45, 2.75) is 76.0 Å². The maximum Gasteiger partial charge on any atom is 0.0602 e. The third-order valence-corrected chi connectivity index (χ3v) is 8.46. The van der Waals surface area contributed by atoms with Crippen LogP contribution < -0.4 is 0 Å². The number of para-hydroxylation sites is 2. The molecular formula is C36H38IrN4-2. The average molecular weight is 719 g/mol. The largest absolute Gasteiger partial charge is 0.340 e. The average Bonchev–Trinajstić information content (AvgIpc) is 3.76. The molecule has 2 heterocycles. The van der Waals surface area contributed by atoms with Gasteiger partial charge in [-0.1, -0.05) is 56.7 Å². The predicted molar refractivity (Wildman–Crippen MR) is 162 cm³/mol. The fraction of sp³-hybridized carbons (Fsp3) is 0.333. The Hall–Kier alpha value is -3.27. The normalized spacial score (nSPS) is 15.9.